The van der Waals surface area contributed by atoms with Crippen LogP contribution in [-0.2, 0) is 46.9 Å². The van der Waals surface area contributed by atoms with Crippen molar-refractivity contribution < 1.29 is 46.9 Å². The van der Waals surface area contributed by atoms with Crippen molar-refractivity contribution in [2.24, 2.45) is 0 Å². The van der Waals surface area contributed by atoms with E-state index in [9.17, 15) is 0 Å². The zero-order chi connectivity index (χ0) is 7.66. The summed E-state index contributed by atoms with van der Waals surface area (Å²) in [5.41, 5.74) is 0. The second kappa shape index (κ2) is 13.6. The van der Waals surface area contributed by atoms with E-state index >= 15 is 0 Å². The summed E-state index contributed by atoms with van der Waals surface area (Å²) in [5.74, 6) is 0. The summed E-state index contributed by atoms with van der Waals surface area (Å²) >= 11 is 0. The Balaban J connectivity index is 0. The van der Waals surface area contributed by atoms with Crippen molar-refractivity contribution in [3.63, 3.8) is 0 Å². The van der Waals surface area contributed by atoms with Gasteiger partial charge in [0, 0.05) is 39.8 Å². The molecule has 0 aliphatic heterocycles. The maximum Gasteiger partial charge on any atom is 0.0701 e. The molecule has 65 valence electrons. The fraction of sp³-hybridized carbons (Fsp3) is 0.857. The molecule has 0 N–H and O–H groups in total. The summed E-state index contributed by atoms with van der Waals surface area (Å²) < 4.78 is 14.8. The van der Waals surface area contributed by atoms with Crippen LogP contribution in [0.25, 0.3) is 0 Å². The van der Waals surface area contributed by atoms with E-state index in [1.165, 1.54) is 0 Å². The fourth-order valence-electron chi connectivity index (χ4n) is 0.464. The maximum atomic E-state index is 5.10. The Morgan fingerprint density at radius 3 is 2.09 bits per heavy atom. The smallest absolute Gasteiger partial charge is 0.0701 e. The normalized spacial score (nSPS) is 9.27. The molecule has 0 aromatic carbocycles. The van der Waals surface area contributed by atoms with Crippen molar-refractivity contribution in [3.8, 4) is 0 Å². The Bertz CT molecular complexity index is 53.6. The summed E-state index contributed by atoms with van der Waals surface area (Å²) in [6.07, 6.45) is 0. The van der Waals surface area contributed by atoms with Crippen LogP contribution in [0.1, 0.15) is 0 Å². The number of hydrogen-bond acceptors (Lipinski definition) is 3. The summed E-state index contributed by atoms with van der Waals surface area (Å²) in [6.45, 7) is 6.55. The van der Waals surface area contributed by atoms with E-state index in [1.54, 1.807) is 7.11 Å². The SMILES string of the molecule is [CH2-]COCCOCCOC.[Y]. The van der Waals surface area contributed by atoms with E-state index in [4.69, 9.17) is 14.2 Å². The van der Waals surface area contributed by atoms with Gasteiger partial charge in [0.2, 0.25) is 0 Å². The molecule has 0 heterocycles. The van der Waals surface area contributed by atoms with Crippen molar-refractivity contribution in [1.29, 1.82) is 0 Å². The molecular weight excluding hydrogens is 221 g/mol. The van der Waals surface area contributed by atoms with Crippen LogP contribution in [0, 0.1) is 6.92 Å². The van der Waals surface area contributed by atoms with Gasteiger partial charge in [0.25, 0.3) is 0 Å². The minimum Gasteiger partial charge on any atom is -0.411 e. The Labute approximate surface area is 93.7 Å². The van der Waals surface area contributed by atoms with Gasteiger partial charge in [-0.3, -0.25) is 0 Å². The zero-order valence-corrected chi connectivity index (χ0v) is 9.88. The molecule has 0 fully saturated rings. The molecule has 0 spiro atoms. The maximum absolute atomic E-state index is 5.10. The monoisotopic (exact) mass is 236 g/mol. The summed E-state index contributed by atoms with van der Waals surface area (Å²) in [6, 6.07) is 0. The van der Waals surface area contributed by atoms with E-state index in [-0.39, 0.29) is 32.7 Å². The molecule has 1 radical (unpaired) electrons. The molecule has 3 nitrogen and oxygen atoms in total. The van der Waals surface area contributed by atoms with E-state index in [2.05, 4.69) is 6.92 Å². The average molecular weight is 236 g/mol. The van der Waals surface area contributed by atoms with Crippen LogP contribution in [-0.4, -0.2) is 40.1 Å². The van der Waals surface area contributed by atoms with Crippen LogP contribution in [0.3, 0.4) is 0 Å². The molecule has 0 aliphatic rings. The number of ether oxygens (including phenoxy) is 3. The predicted octanol–water partition coefficient (Wildman–Crippen LogP) is 0.498. The van der Waals surface area contributed by atoms with Crippen LogP contribution in [0.15, 0.2) is 0 Å². The van der Waals surface area contributed by atoms with Gasteiger partial charge in [0.1, 0.15) is 0 Å². The minimum atomic E-state index is 0. The van der Waals surface area contributed by atoms with E-state index < -0.39 is 0 Å². The fourth-order valence-corrected chi connectivity index (χ4v) is 0.464. The summed E-state index contributed by atoms with van der Waals surface area (Å²) in [4.78, 5) is 0. The van der Waals surface area contributed by atoms with E-state index in [1.807, 2.05) is 0 Å². The molecule has 0 aromatic heterocycles. The molecule has 0 amide bonds. The first kappa shape index (κ1) is 14.5. The molecule has 0 bridgehead atoms. The van der Waals surface area contributed by atoms with Crippen molar-refractivity contribution in [2.45, 2.75) is 0 Å². The number of rotatable bonds is 7. The van der Waals surface area contributed by atoms with Gasteiger partial charge in [0.15, 0.2) is 0 Å². The van der Waals surface area contributed by atoms with Gasteiger partial charge in [-0.25, -0.2) is 0 Å². The first-order valence-corrected chi connectivity index (χ1v) is 3.35. The van der Waals surface area contributed by atoms with E-state index in [0.29, 0.717) is 33.0 Å². The van der Waals surface area contributed by atoms with Gasteiger partial charge in [-0.05, 0) is 0 Å². The zero-order valence-electron chi connectivity index (χ0n) is 7.04. The molecule has 0 unspecified atom stereocenters. The van der Waals surface area contributed by atoms with Crippen molar-refractivity contribution >= 4 is 0 Å². The van der Waals surface area contributed by atoms with Gasteiger partial charge in [-0.15, -0.1) is 0 Å². The largest absolute Gasteiger partial charge is 0.411 e. The van der Waals surface area contributed by atoms with Crippen molar-refractivity contribution in [2.75, 3.05) is 40.1 Å². The first-order chi connectivity index (χ1) is 4.91. The standard InChI is InChI=1S/C7H15O3.Y/c1-3-9-6-7-10-5-4-8-2;/h1,3-7H2,2H3;/q-1;. The topological polar surface area (TPSA) is 27.7 Å². The molecule has 0 aliphatic carbocycles. The second-order valence-electron chi connectivity index (χ2n) is 1.72. The van der Waals surface area contributed by atoms with Gasteiger partial charge in [-0.2, -0.15) is 0 Å². The molecule has 0 saturated carbocycles. The molecule has 4 heteroatoms. The molecule has 0 rings (SSSR count). The van der Waals surface area contributed by atoms with Crippen LogP contribution in [0.2, 0.25) is 0 Å². The Morgan fingerprint density at radius 2 is 1.55 bits per heavy atom. The van der Waals surface area contributed by atoms with Gasteiger partial charge in [-0.1, -0.05) is 6.61 Å². The van der Waals surface area contributed by atoms with Gasteiger partial charge in [0.05, 0.1) is 26.4 Å². The second-order valence-corrected chi connectivity index (χ2v) is 1.72. The first-order valence-electron chi connectivity index (χ1n) is 3.35. The molecule has 0 atom stereocenters. The predicted molar refractivity (Wildman–Crippen MR) is 38.9 cm³/mol. The molecule has 0 saturated heterocycles. The Hall–Kier alpha value is 0.984. The van der Waals surface area contributed by atoms with Crippen molar-refractivity contribution in [3.05, 3.63) is 6.92 Å². The Morgan fingerprint density at radius 1 is 1.00 bits per heavy atom. The number of hydrogen-bond donors (Lipinski definition) is 0. The molecular formula is C7H15O3Y-. The Kier molecular flexibility index (Phi) is 17.9. The number of methoxy groups -OCH3 is 1. The molecule has 11 heavy (non-hydrogen) atoms. The molecule has 0 aromatic rings. The van der Waals surface area contributed by atoms with Crippen LogP contribution in [0.4, 0.5) is 0 Å². The quantitative estimate of drug-likeness (QED) is 0.476. The van der Waals surface area contributed by atoms with Gasteiger partial charge < -0.3 is 21.1 Å². The summed E-state index contributed by atoms with van der Waals surface area (Å²) in [7, 11) is 1.65. The van der Waals surface area contributed by atoms with Crippen LogP contribution < -0.4 is 0 Å². The third-order valence-corrected chi connectivity index (χ3v) is 0.948. The van der Waals surface area contributed by atoms with Gasteiger partial charge >= 0.3 is 0 Å². The minimum absolute atomic E-state index is 0. The van der Waals surface area contributed by atoms with Crippen LogP contribution >= 0.6 is 0 Å². The summed E-state index contributed by atoms with van der Waals surface area (Å²) in [5, 5.41) is 0. The van der Waals surface area contributed by atoms with E-state index in [0.717, 1.165) is 0 Å². The van der Waals surface area contributed by atoms with Crippen LogP contribution in [0.5, 0.6) is 0 Å². The third kappa shape index (κ3) is 13.9. The van der Waals surface area contributed by atoms with Crippen molar-refractivity contribution in [1.82, 2.24) is 0 Å². The average Bonchev–Trinajstić information content (AvgIpc) is 1.97. The third-order valence-electron chi connectivity index (χ3n) is 0.948.